The van der Waals surface area contributed by atoms with Gasteiger partial charge in [-0.1, -0.05) is 24.3 Å². The average Bonchev–Trinajstić information content (AvgIpc) is 2.77. The van der Waals surface area contributed by atoms with E-state index in [1.807, 2.05) is 11.8 Å². The summed E-state index contributed by atoms with van der Waals surface area (Å²) in [7, 11) is 0. The van der Waals surface area contributed by atoms with Gasteiger partial charge in [-0.2, -0.15) is 11.8 Å². The number of benzene rings is 1. The smallest absolute Gasteiger partial charge is 0.0369 e. The number of piperidine rings is 1. The molecule has 0 amide bonds. The molecule has 1 aromatic rings. The Morgan fingerprint density at radius 3 is 2.50 bits per heavy atom. The normalized spacial score (nSPS) is 29.4. The fraction of sp³-hybridized carbons (Fsp3) is 0.600. The number of nitrogens with zero attached hydrogens (tertiary/aromatic N) is 1. The summed E-state index contributed by atoms with van der Waals surface area (Å²) < 4.78 is 0. The number of nitrogens with two attached hydrogens (primary N) is 1. The lowest BCUT2D eigenvalue weighted by molar-refractivity contribution is 0.162. The van der Waals surface area contributed by atoms with E-state index in [9.17, 15) is 0 Å². The second-order valence-corrected chi connectivity index (χ2v) is 6.60. The van der Waals surface area contributed by atoms with Crippen molar-refractivity contribution in [3.63, 3.8) is 0 Å². The molecule has 0 spiro atoms. The van der Waals surface area contributed by atoms with Crippen molar-refractivity contribution in [2.24, 2.45) is 5.73 Å². The predicted molar refractivity (Wildman–Crippen MR) is 78.8 cm³/mol. The Hall–Kier alpha value is -0.510. The monoisotopic (exact) mass is 262 g/mol. The van der Waals surface area contributed by atoms with E-state index in [0.29, 0.717) is 6.04 Å². The van der Waals surface area contributed by atoms with E-state index >= 15 is 0 Å². The van der Waals surface area contributed by atoms with Gasteiger partial charge in [0.2, 0.25) is 0 Å². The molecule has 1 aliphatic heterocycles. The van der Waals surface area contributed by atoms with Crippen LogP contribution in [-0.4, -0.2) is 29.5 Å². The lowest BCUT2D eigenvalue weighted by Crippen LogP contribution is -2.37. The van der Waals surface area contributed by atoms with Crippen molar-refractivity contribution in [3.05, 3.63) is 35.4 Å². The van der Waals surface area contributed by atoms with Crippen LogP contribution >= 0.6 is 11.8 Å². The Labute approximate surface area is 114 Å². The lowest BCUT2D eigenvalue weighted by atomic mass is 10.0. The third-order valence-corrected chi connectivity index (χ3v) is 5.62. The zero-order chi connectivity index (χ0) is 12.5. The molecule has 2 unspecified atom stereocenters. The average molecular weight is 262 g/mol. The zero-order valence-corrected chi connectivity index (χ0v) is 11.8. The van der Waals surface area contributed by atoms with Crippen molar-refractivity contribution in [1.29, 1.82) is 0 Å². The number of rotatable bonds is 2. The first-order valence-electron chi connectivity index (χ1n) is 6.91. The molecule has 1 heterocycles. The molecule has 2 N–H and O–H groups in total. The van der Waals surface area contributed by atoms with Gasteiger partial charge >= 0.3 is 0 Å². The highest BCUT2D eigenvalue weighted by atomic mass is 32.2. The number of fused-ring (bicyclic) bond motifs is 1. The molecule has 2 atom stereocenters. The minimum absolute atomic E-state index is 0.240. The Morgan fingerprint density at radius 2 is 1.83 bits per heavy atom. The molecule has 3 heteroatoms. The van der Waals surface area contributed by atoms with Gasteiger partial charge in [0.05, 0.1) is 0 Å². The van der Waals surface area contributed by atoms with E-state index in [2.05, 4.69) is 35.4 Å². The number of hydrogen-bond acceptors (Lipinski definition) is 3. The van der Waals surface area contributed by atoms with Crippen LogP contribution in [0.4, 0.5) is 0 Å². The summed E-state index contributed by atoms with van der Waals surface area (Å²) in [5.41, 5.74) is 9.12. The van der Waals surface area contributed by atoms with Gasteiger partial charge < -0.3 is 5.73 Å². The van der Waals surface area contributed by atoms with E-state index in [1.165, 1.54) is 37.1 Å². The molecule has 0 saturated carbocycles. The first-order valence-corrected chi connectivity index (χ1v) is 8.19. The van der Waals surface area contributed by atoms with Gasteiger partial charge in [0.15, 0.2) is 0 Å². The summed E-state index contributed by atoms with van der Waals surface area (Å²) in [6, 6.07) is 9.55. The van der Waals surface area contributed by atoms with E-state index in [4.69, 9.17) is 5.73 Å². The molecule has 2 aliphatic rings. The Balaban J connectivity index is 1.75. The highest BCUT2D eigenvalue weighted by Gasteiger charge is 2.33. The number of likely N-dealkylation sites (tertiary alicyclic amines) is 1. The van der Waals surface area contributed by atoms with Crippen molar-refractivity contribution in [2.45, 2.75) is 36.6 Å². The molecule has 98 valence electrons. The summed E-state index contributed by atoms with van der Waals surface area (Å²) >= 11 is 2.03. The van der Waals surface area contributed by atoms with Crippen LogP contribution in [0, 0.1) is 0 Å². The van der Waals surface area contributed by atoms with Crippen molar-refractivity contribution < 1.29 is 0 Å². The molecule has 0 bridgehead atoms. The highest BCUT2D eigenvalue weighted by Crippen LogP contribution is 2.42. The molecule has 1 aromatic carbocycles. The molecule has 0 aromatic heterocycles. The summed E-state index contributed by atoms with van der Waals surface area (Å²) in [6.07, 6.45) is 5.99. The van der Waals surface area contributed by atoms with Crippen LogP contribution in [0.5, 0.6) is 0 Å². The van der Waals surface area contributed by atoms with Gasteiger partial charge in [-0.3, -0.25) is 4.90 Å². The third kappa shape index (κ3) is 2.20. The van der Waals surface area contributed by atoms with E-state index in [0.717, 1.165) is 11.7 Å². The molecular weight excluding hydrogens is 240 g/mol. The summed E-state index contributed by atoms with van der Waals surface area (Å²) in [5.74, 6) is 0. The van der Waals surface area contributed by atoms with Crippen LogP contribution in [0.2, 0.25) is 0 Å². The molecule has 18 heavy (non-hydrogen) atoms. The molecule has 1 saturated heterocycles. The van der Waals surface area contributed by atoms with Crippen LogP contribution in [0.1, 0.15) is 42.5 Å². The van der Waals surface area contributed by atoms with Crippen molar-refractivity contribution in [1.82, 2.24) is 4.90 Å². The van der Waals surface area contributed by atoms with Gasteiger partial charge in [-0.25, -0.2) is 0 Å². The largest absolute Gasteiger partial charge is 0.324 e. The summed E-state index contributed by atoms with van der Waals surface area (Å²) in [4.78, 5) is 2.65. The molecule has 3 rings (SSSR count). The van der Waals surface area contributed by atoms with Gasteiger partial charge in [0, 0.05) is 17.3 Å². The molecule has 1 aliphatic carbocycles. The number of hydrogen-bond donors (Lipinski definition) is 1. The maximum atomic E-state index is 6.27. The maximum Gasteiger partial charge on any atom is 0.0369 e. The van der Waals surface area contributed by atoms with Crippen molar-refractivity contribution in [3.8, 4) is 0 Å². The molecule has 2 nitrogen and oxygen atoms in total. The van der Waals surface area contributed by atoms with Crippen LogP contribution in [0.15, 0.2) is 24.3 Å². The van der Waals surface area contributed by atoms with E-state index < -0.39 is 0 Å². The lowest BCUT2D eigenvalue weighted by Gasteiger charge is -2.36. The minimum Gasteiger partial charge on any atom is -0.324 e. The topological polar surface area (TPSA) is 29.3 Å². The zero-order valence-electron chi connectivity index (χ0n) is 11.0. The van der Waals surface area contributed by atoms with Crippen LogP contribution in [-0.2, 0) is 0 Å². The maximum absolute atomic E-state index is 6.27. The first kappa shape index (κ1) is 12.5. The molecule has 0 radical (unpaired) electrons. The van der Waals surface area contributed by atoms with Crippen LogP contribution in [0.3, 0.4) is 0 Å². The Kier molecular flexibility index (Phi) is 3.64. The highest BCUT2D eigenvalue weighted by molar-refractivity contribution is 7.99. The van der Waals surface area contributed by atoms with Gasteiger partial charge in [-0.05, 0) is 49.7 Å². The molecule has 1 fully saturated rings. The van der Waals surface area contributed by atoms with Crippen molar-refractivity contribution >= 4 is 11.8 Å². The quantitative estimate of drug-likeness (QED) is 0.888. The second kappa shape index (κ2) is 5.24. The van der Waals surface area contributed by atoms with Gasteiger partial charge in [-0.15, -0.1) is 0 Å². The minimum atomic E-state index is 0.240. The number of thioether (sulfide) groups is 1. The fourth-order valence-electron chi connectivity index (χ4n) is 3.42. The van der Waals surface area contributed by atoms with Crippen molar-refractivity contribution in [2.75, 3.05) is 19.3 Å². The molecular formula is C15H22N2S. The third-order valence-electron chi connectivity index (χ3n) is 4.48. The van der Waals surface area contributed by atoms with Crippen LogP contribution in [0.25, 0.3) is 0 Å². The van der Waals surface area contributed by atoms with Crippen LogP contribution < -0.4 is 5.73 Å². The van der Waals surface area contributed by atoms with E-state index in [-0.39, 0.29) is 6.04 Å². The predicted octanol–water partition coefficient (Wildman–Crippen LogP) is 2.96. The summed E-state index contributed by atoms with van der Waals surface area (Å²) in [6.45, 7) is 2.47. The SMILES string of the molecule is CSC1CCN(C2CC(N)c3ccccc32)CC1. The Bertz CT molecular complexity index is 413. The standard InChI is InChI=1S/C15H22N2S/c1-18-11-6-8-17(9-7-11)15-10-14(16)12-4-2-3-5-13(12)15/h2-5,11,14-15H,6-10,16H2,1H3. The summed E-state index contributed by atoms with van der Waals surface area (Å²) in [5, 5.41) is 0.867. The second-order valence-electron chi connectivity index (χ2n) is 5.46. The fourth-order valence-corrected chi connectivity index (χ4v) is 4.10. The van der Waals surface area contributed by atoms with Gasteiger partial charge in [0.1, 0.15) is 0 Å². The first-order chi connectivity index (χ1) is 8.79. The van der Waals surface area contributed by atoms with E-state index in [1.54, 1.807) is 0 Å². The Morgan fingerprint density at radius 1 is 1.17 bits per heavy atom. The van der Waals surface area contributed by atoms with Gasteiger partial charge in [0.25, 0.3) is 0 Å².